The van der Waals surface area contributed by atoms with Crippen molar-refractivity contribution >= 4 is 45.9 Å². The Kier molecular flexibility index (Phi) is 6.36. The number of fused-ring (bicyclic) bond motifs is 1. The van der Waals surface area contributed by atoms with Gasteiger partial charge >= 0.3 is 0 Å². The Morgan fingerprint density at radius 3 is 2.47 bits per heavy atom. The second kappa shape index (κ2) is 9.33. The van der Waals surface area contributed by atoms with E-state index >= 15 is 0 Å². The second-order valence-electron chi connectivity index (χ2n) is 7.01. The van der Waals surface area contributed by atoms with Gasteiger partial charge in [-0.15, -0.1) is 11.8 Å². The topological polar surface area (TPSA) is 33.2 Å². The van der Waals surface area contributed by atoms with Crippen molar-refractivity contribution in [2.75, 3.05) is 4.90 Å². The number of hydrogen-bond acceptors (Lipinski definition) is 3. The Labute approximate surface area is 185 Å². The van der Waals surface area contributed by atoms with E-state index in [4.69, 9.17) is 11.6 Å². The molecule has 0 bridgehead atoms. The van der Waals surface area contributed by atoms with Crippen LogP contribution >= 0.6 is 23.4 Å². The van der Waals surface area contributed by atoms with Crippen LogP contribution in [0.25, 0.3) is 10.9 Å². The number of nitrogens with zero attached hydrogens (tertiary/aromatic N) is 2. The summed E-state index contributed by atoms with van der Waals surface area (Å²) in [5.74, 6) is 0.851. The van der Waals surface area contributed by atoms with E-state index in [0.717, 1.165) is 32.8 Å². The molecule has 30 heavy (non-hydrogen) atoms. The summed E-state index contributed by atoms with van der Waals surface area (Å²) in [5.41, 5.74) is 4.01. The molecule has 1 aromatic heterocycles. The molecule has 4 rings (SSSR count). The highest BCUT2D eigenvalue weighted by molar-refractivity contribution is 7.98. The summed E-state index contributed by atoms with van der Waals surface area (Å²) < 4.78 is 0. The first-order valence-corrected chi connectivity index (χ1v) is 11.1. The van der Waals surface area contributed by atoms with E-state index < -0.39 is 0 Å². The van der Waals surface area contributed by atoms with Gasteiger partial charge in [-0.05, 0) is 41.5 Å². The molecule has 0 N–H and O–H groups in total. The summed E-state index contributed by atoms with van der Waals surface area (Å²) in [5, 5.41) is 1.49. The summed E-state index contributed by atoms with van der Waals surface area (Å²) in [6.45, 7) is 2.08. The van der Waals surface area contributed by atoms with Crippen molar-refractivity contribution < 1.29 is 4.79 Å². The molecule has 3 aromatic carbocycles. The zero-order valence-electron chi connectivity index (χ0n) is 16.6. The lowest BCUT2D eigenvalue weighted by atomic mass is 10.1. The number of carbonyl (C=O) groups is 1. The number of benzene rings is 3. The number of para-hydroxylation sites is 1. The van der Waals surface area contributed by atoms with Crippen molar-refractivity contribution in [3.63, 3.8) is 0 Å². The van der Waals surface area contributed by atoms with Gasteiger partial charge in [-0.2, -0.15) is 0 Å². The third-order valence-electron chi connectivity index (χ3n) is 4.84. The number of halogens is 1. The zero-order valence-corrected chi connectivity index (χ0v) is 18.2. The van der Waals surface area contributed by atoms with Gasteiger partial charge in [0.25, 0.3) is 0 Å². The molecule has 1 amide bonds. The third-order valence-corrected chi connectivity index (χ3v) is 6.18. The number of anilines is 1. The van der Waals surface area contributed by atoms with Gasteiger partial charge in [0.2, 0.25) is 5.91 Å². The van der Waals surface area contributed by atoms with Crippen molar-refractivity contribution in [2.45, 2.75) is 24.1 Å². The molecule has 0 atom stereocenters. The van der Waals surface area contributed by atoms with Crippen LogP contribution in [0.15, 0.2) is 89.8 Å². The Balaban J connectivity index is 1.61. The lowest BCUT2D eigenvalue weighted by molar-refractivity contribution is -0.116. The largest absolute Gasteiger partial charge is 0.307 e. The van der Waals surface area contributed by atoms with Crippen LogP contribution in [0.4, 0.5) is 5.69 Å². The maximum absolute atomic E-state index is 12.6. The van der Waals surface area contributed by atoms with E-state index in [0.29, 0.717) is 11.7 Å². The van der Waals surface area contributed by atoms with Crippen LogP contribution in [0.5, 0.6) is 0 Å². The summed E-state index contributed by atoms with van der Waals surface area (Å²) >= 11 is 7.79. The molecule has 0 aliphatic carbocycles. The number of pyridine rings is 1. The van der Waals surface area contributed by atoms with E-state index in [9.17, 15) is 4.79 Å². The minimum absolute atomic E-state index is 0.00177. The van der Waals surface area contributed by atoms with E-state index in [-0.39, 0.29) is 5.91 Å². The molecular formula is C25H21ClN2OS. The molecule has 0 saturated carbocycles. The fourth-order valence-corrected chi connectivity index (χ4v) is 4.49. The van der Waals surface area contributed by atoms with Crippen LogP contribution in [0.1, 0.15) is 18.1 Å². The molecule has 150 valence electrons. The fourth-order valence-electron chi connectivity index (χ4n) is 3.32. The van der Waals surface area contributed by atoms with Gasteiger partial charge in [-0.25, -0.2) is 4.98 Å². The van der Waals surface area contributed by atoms with Crippen LogP contribution in [0.3, 0.4) is 0 Å². The van der Waals surface area contributed by atoms with Crippen LogP contribution in [0.2, 0.25) is 5.15 Å². The van der Waals surface area contributed by atoms with Gasteiger partial charge in [0.15, 0.2) is 0 Å². The standard InChI is InChI=1S/C25H21ClN2OS/c1-18(29)28(16-20-11-12-21-13-14-25(26)27-22(21)15-20)23-9-5-6-10-24(23)30-17-19-7-3-2-4-8-19/h2-15H,16-17H2,1H3. The highest BCUT2D eigenvalue weighted by Crippen LogP contribution is 2.33. The van der Waals surface area contributed by atoms with Gasteiger partial charge in [0, 0.05) is 23.0 Å². The van der Waals surface area contributed by atoms with Gasteiger partial charge < -0.3 is 4.90 Å². The van der Waals surface area contributed by atoms with E-state index in [2.05, 4.69) is 23.2 Å². The summed E-state index contributed by atoms with van der Waals surface area (Å²) in [6.07, 6.45) is 0. The lowest BCUT2D eigenvalue weighted by Gasteiger charge is -2.24. The minimum Gasteiger partial charge on any atom is -0.307 e. The maximum Gasteiger partial charge on any atom is 0.224 e. The predicted octanol–water partition coefficient (Wildman–Crippen LogP) is 6.73. The molecule has 0 unspecified atom stereocenters. The average Bonchev–Trinajstić information content (AvgIpc) is 2.76. The summed E-state index contributed by atoms with van der Waals surface area (Å²) in [7, 11) is 0. The average molecular weight is 433 g/mol. The number of thioether (sulfide) groups is 1. The summed E-state index contributed by atoms with van der Waals surface area (Å²) in [6, 6.07) is 28.2. The number of carbonyl (C=O) groups excluding carboxylic acids is 1. The van der Waals surface area contributed by atoms with Crippen molar-refractivity contribution in [1.29, 1.82) is 0 Å². The van der Waals surface area contributed by atoms with E-state index in [1.807, 2.05) is 65.6 Å². The molecule has 0 aliphatic rings. The van der Waals surface area contributed by atoms with Crippen LogP contribution < -0.4 is 4.90 Å². The predicted molar refractivity (Wildman–Crippen MR) is 126 cm³/mol. The number of aromatic nitrogens is 1. The first-order chi connectivity index (χ1) is 14.6. The van der Waals surface area contributed by atoms with Crippen LogP contribution in [0, 0.1) is 0 Å². The van der Waals surface area contributed by atoms with Gasteiger partial charge in [0.1, 0.15) is 5.15 Å². The number of hydrogen-bond donors (Lipinski definition) is 0. The molecule has 0 saturated heterocycles. The van der Waals surface area contributed by atoms with Crippen LogP contribution in [-0.2, 0) is 17.1 Å². The normalized spacial score (nSPS) is 10.9. The molecule has 0 aliphatic heterocycles. The molecule has 4 aromatic rings. The monoisotopic (exact) mass is 432 g/mol. The second-order valence-corrected chi connectivity index (χ2v) is 8.41. The molecular weight excluding hydrogens is 412 g/mol. The SMILES string of the molecule is CC(=O)N(Cc1ccc2ccc(Cl)nc2c1)c1ccccc1SCc1ccccc1. The Morgan fingerprint density at radius 1 is 0.933 bits per heavy atom. The smallest absolute Gasteiger partial charge is 0.224 e. The Hall–Kier alpha value is -2.82. The molecule has 3 nitrogen and oxygen atoms in total. The quantitative estimate of drug-likeness (QED) is 0.250. The van der Waals surface area contributed by atoms with Crippen molar-refractivity contribution in [1.82, 2.24) is 4.98 Å². The van der Waals surface area contributed by atoms with Crippen LogP contribution in [-0.4, -0.2) is 10.9 Å². The van der Waals surface area contributed by atoms with Crippen molar-refractivity contribution in [3.8, 4) is 0 Å². The fraction of sp³-hybridized carbons (Fsp3) is 0.120. The molecule has 0 spiro atoms. The van der Waals surface area contributed by atoms with Gasteiger partial charge in [0.05, 0.1) is 17.7 Å². The van der Waals surface area contributed by atoms with Crippen molar-refractivity contribution in [2.24, 2.45) is 0 Å². The number of amides is 1. The van der Waals surface area contributed by atoms with Gasteiger partial charge in [-0.1, -0.05) is 66.2 Å². The Morgan fingerprint density at radius 2 is 1.67 bits per heavy atom. The highest BCUT2D eigenvalue weighted by atomic mass is 35.5. The first kappa shape index (κ1) is 20.5. The molecule has 5 heteroatoms. The zero-order chi connectivity index (χ0) is 20.9. The maximum atomic E-state index is 12.6. The molecule has 0 fully saturated rings. The Bertz CT molecular complexity index is 1180. The highest BCUT2D eigenvalue weighted by Gasteiger charge is 2.16. The van der Waals surface area contributed by atoms with E-state index in [1.165, 1.54) is 5.56 Å². The molecule has 0 radical (unpaired) electrons. The first-order valence-electron chi connectivity index (χ1n) is 9.69. The van der Waals surface area contributed by atoms with E-state index in [1.54, 1.807) is 24.8 Å². The van der Waals surface area contributed by atoms with Crippen molar-refractivity contribution in [3.05, 3.63) is 101 Å². The molecule has 1 heterocycles. The summed E-state index contributed by atoms with van der Waals surface area (Å²) in [4.78, 5) is 19.9. The number of rotatable bonds is 6. The minimum atomic E-state index is 0.00177. The van der Waals surface area contributed by atoms with Gasteiger partial charge in [-0.3, -0.25) is 4.79 Å². The third kappa shape index (κ3) is 4.84. The lowest BCUT2D eigenvalue weighted by Crippen LogP contribution is -2.28.